The molecule has 1 aromatic carbocycles. The molecule has 4 heteroatoms. The fourth-order valence-corrected chi connectivity index (χ4v) is 4.51. The number of benzene rings is 1. The summed E-state index contributed by atoms with van der Waals surface area (Å²) in [5, 5.41) is 3.61. The van der Waals surface area contributed by atoms with Crippen molar-refractivity contribution in [2.45, 2.75) is 43.0 Å². The third-order valence-electron chi connectivity index (χ3n) is 4.93. The summed E-state index contributed by atoms with van der Waals surface area (Å²) in [6.45, 7) is 0.239. The second-order valence-electron chi connectivity index (χ2n) is 6.04. The molecule has 0 aromatic heterocycles. The highest BCUT2D eigenvalue weighted by atomic mass is 32.2. The molecule has 3 rings (SSSR count). The lowest BCUT2D eigenvalue weighted by molar-refractivity contribution is 0.0957. The van der Waals surface area contributed by atoms with Crippen molar-refractivity contribution in [2.24, 2.45) is 5.92 Å². The molecular formula is C17H22FNOS. The number of carbonyl (C=O) groups excluding carboxylic acids is 1. The minimum atomic E-state index is -0.890. The van der Waals surface area contributed by atoms with Crippen LogP contribution in [-0.2, 0) is 12.8 Å². The maximum absolute atomic E-state index is 12.8. The molecule has 114 valence electrons. The third-order valence-corrected chi connectivity index (χ3v) is 5.75. The van der Waals surface area contributed by atoms with Crippen LogP contribution in [0, 0.1) is 5.92 Å². The van der Waals surface area contributed by atoms with Crippen LogP contribution in [0.15, 0.2) is 17.0 Å². The normalized spacial score (nSPS) is 24.9. The quantitative estimate of drug-likeness (QED) is 0.682. The summed E-state index contributed by atoms with van der Waals surface area (Å²) in [5.41, 5.74) is 3.02. The number of halogens is 1. The van der Waals surface area contributed by atoms with Crippen LogP contribution >= 0.6 is 11.8 Å². The molecule has 1 aliphatic heterocycles. The molecular weight excluding hydrogens is 285 g/mol. The first-order valence-corrected chi connectivity index (χ1v) is 8.98. The van der Waals surface area contributed by atoms with Gasteiger partial charge in [0.1, 0.15) is 0 Å². The minimum Gasteiger partial charge on any atom is -0.314 e. The number of alkyl halides is 1. The van der Waals surface area contributed by atoms with Crippen LogP contribution in [0.5, 0.6) is 0 Å². The van der Waals surface area contributed by atoms with E-state index >= 15 is 0 Å². The summed E-state index contributed by atoms with van der Waals surface area (Å²) in [6.07, 6.45) is 7.64. The molecule has 2 atom stereocenters. The number of Topliss-reactive ketones (excluding diaryl/α,β-unsaturated/α-hetero) is 1. The van der Waals surface area contributed by atoms with Gasteiger partial charge >= 0.3 is 0 Å². The fraction of sp³-hybridized carbons (Fsp3) is 0.588. The lowest BCUT2D eigenvalue weighted by Gasteiger charge is -2.31. The van der Waals surface area contributed by atoms with Gasteiger partial charge in [-0.1, -0.05) is 0 Å². The van der Waals surface area contributed by atoms with E-state index in [4.69, 9.17) is 0 Å². The zero-order valence-corrected chi connectivity index (χ0v) is 13.3. The Kier molecular flexibility index (Phi) is 4.65. The van der Waals surface area contributed by atoms with Gasteiger partial charge in [-0.2, -0.15) is 0 Å². The van der Waals surface area contributed by atoms with Gasteiger partial charge in [0, 0.05) is 16.5 Å². The summed E-state index contributed by atoms with van der Waals surface area (Å²) < 4.78 is 12.8. The van der Waals surface area contributed by atoms with Crippen molar-refractivity contribution in [3.8, 4) is 0 Å². The van der Waals surface area contributed by atoms with Gasteiger partial charge in [-0.05, 0) is 74.1 Å². The molecule has 0 saturated carbocycles. The van der Waals surface area contributed by atoms with E-state index in [0.717, 1.165) is 31.4 Å². The summed E-state index contributed by atoms with van der Waals surface area (Å²) in [4.78, 5) is 13.1. The Morgan fingerprint density at radius 1 is 1.38 bits per heavy atom. The predicted molar refractivity (Wildman–Crippen MR) is 85.1 cm³/mol. The van der Waals surface area contributed by atoms with Crippen LogP contribution in [0.25, 0.3) is 0 Å². The van der Waals surface area contributed by atoms with Crippen molar-refractivity contribution in [3.05, 3.63) is 28.8 Å². The highest BCUT2D eigenvalue weighted by Gasteiger charge is 2.31. The maximum atomic E-state index is 12.8. The van der Waals surface area contributed by atoms with E-state index in [1.165, 1.54) is 23.3 Å². The largest absolute Gasteiger partial charge is 0.314 e. The maximum Gasteiger partial charge on any atom is 0.194 e. The summed E-state index contributed by atoms with van der Waals surface area (Å²) >= 11 is 1.73. The number of thioether (sulfide) groups is 1. The van der Waals surface area contributed by atoms with Gasteiger partial charge in [0.25, 0.3) is 0 Å². The number of hydrogen-bond acceptors (Lipinski definition) is 3. The summed E-state index contributed by atoms with van der Waals surface area (Å²) in [6, 6.07) is 4.44. The first-order valence-electron chi connectivity index (χ1n) is 7.76. The fourth-order valence-electron chi connectivity index (χ4n) is 3.86. The Hall–Kier alpha value is -0.870. The van der Waals surface area contributed by atoms with Crippen LogP contribution in [-0.4, -0.2) is 31.3 Å². The van der Waals surface area contributed by atoms with Gasteiger partial charge in [-0.3, -0.25) is 4.79 Å². The molecule has 0 amide bonds. The Balaban J connectivity index is 1.93. The molecule has 0 bridgehead atoms. The zero-order valence-electron chi connectivity index (χ0n) is 12.5. The van der Waals surface area contributed by atoms with Crippen LogP contribution < -0.4 is 5.32 Å². The van der Waals surface area contributed by atoms with E-state index in [9.17, 15) is 9.18 Å². The summed E-state index contributed by atoms with van der Waals surface area (Å²) in [7, 11) is 0. The van der Waals surface area contributed by atoms with Crippen molar-refractivity contribution < 1.29 is 9.18 Å². The smallest absolute Gasteiger partial charge is 0.194 e. The van der Waals surface area contributed by atoms with E-state index in [2.05, 4.69) is 11.6 Å². The molecule has 0 radical (unpaired) electrons. The summed E-state index contributed by atoms with van der Waals surface area (Å²) in [5.74, 6) is 0.290. The molecule has 1 N–H and O–H groups in total. The van der Waals surface area contributed by atoms with Gasteiger partial charge in [0.05, 0.1) is 0 Å². The van der Waals surface area contributed by atoms with Gasteiger partial charge in [0.15, 0.2) is 12.5 Å². The number of ketones is 1. The van der Waals surface area contributed by atoms with E-state index in [1.807, 2.05) is 12.1 Å². The standard InChI is InChI=1S/C17H22FNOS/c1-21-17-7-6-13(16(20)10-18)12-5-4-11(9-14(12)17)15-3-2-8-19-15/h6-7,11,15,19H,2-5,8-10H2,1H3. The van der Waals surface area contributed by atoms with Crippen LogP contribution in [0.1, 0.15) is 40.7 Å². The topological polar surface area (TPSA) is 29.1 Å². The second-order valence-corrected chi connectivity index (χ2v) is 6.88. The Labute approximate surface area is 129 Å². The highest BCUT2D eigenvalue weighted by molar-refractivity contribution is 7.98. The number of hydrogen-bond donors (Lipinski definition) is 1. The monoisotopic (exact) mass is 307 g/mol. The van der Waals surface area contributed by atoms with E-state index in [0.29, 0.717) is 17.5 Å². The Morgan fingerprint density at radius 3 is 2.90 bits per heavy atom. The Morgan fingerprint density at radius 2 is 2.24 bits per heavy atom. The van der Waals surface area contributed by atoms with Gasteiger partial charge < -0.3 is 5.32 Å². The van der Waals surface area contributed by atoms with E-state index in [-0.39, 0.29) is 5.78 Å². The number of nitrogens with one attached hydrogen (secondary N) is 1. The SMILES string of the molecule is CSc1ccc(C(=O)CF)c2c1CC(C1CCCN1)CC2. The van der Waals surface area contributed by atoms with Crippen molar-refractivity contribution in [1.29, 1.82) is 0 Å². The number of rotatable bonds is 4. The van der Waals surface area contributed by atoms with Crippen molar-refractivity contribution in [1.82, 2.24) is 5.32 Å². The van der Waals surface area contributed by atoms with Crippen LogP contribution in [0.3, 0.4) is 0 Å². The molecule has 2 nitrogen and oxygen atoms in total. The average molecular weight is 307 g/mol. The molecule has 1 fully saturated rings. The number of carbonyl (C=O) groups is 1. The molecule has 1 aliphatic carbocycles. The lowest BCUT2D eigenvalue weighted by Crippen LogP contribution is -2.34. The van der Waals surface area contributed by atoms with Gasteiger partial charge in [-0.25, -0.2) is 4.39 Å². The first-order chi connectivity index (χ1) is 10.2. The minimum absolute atomic E-state index is 0.364. The highest BCUT2D eigenvalue weighted by Crippen LogP contribution is 2.37. The van der Waals surface area contributed by atoms with Crippen molar-refractivity contribution in [2.75, 3.05) is 19.5 Å². The van der Waals surface area contributed by atoms with Crippen LogP contribution in [0.2, 0.25) is 0 Å². The van der Waals surface area contributed by atoms with Crippen molar-refractivity contribution in [3.63, 3.8) is 0 Å². The number of fused-ring (bicyclic) bond motifs is 1. The third kappa shape index (κ3) is 2.88. The Bertz CT molecular complexity index is 540. The van der Waals surface area contributed by atoms with Gasteiger partial charge in [0.2, 0.25) is 0 Å². The molecule has 0 spiro atoms. The second kappa shape index (κ2) is 6.49. The van der Waals surface area contributed by atoms with Crippen molar-refractivity contribution >= 4 is 17.5 Å². The molecule has 1 heterocycles. The molecule has 2 unspecified atom stereocenters. The molecule has 1 saturated heterocycles. The first kappa shape index (κ1) is 15.0. The molecule has 21 heavy (non-hydrogen) atoms. The lowest BCUT2D eigenvalue weighted by atomic mass is 9.77. The zero-order chi connectivity index (χ0) is 14.8. The van der Waals surface area contributed by atoms with Gasteiger partial charge in [-0.15, -0.1) is 11.8 Å². The predicted octanol–water partition coefficient (Wildman–Crippen LogP) is 3.42. The van der Waals surface area contributed by atoms with E-state index < -0.39 is 6.67 Å². The average Bonchev–Trinajstić information content (AvgIpc) is 3.07. The van der Waals surface area contributed by atoms with Crippen LogP contribution in [0.4, 0.5) is 4.39 Å². The molecule has 2 aliphatic rings. The molecule has 1 aromatic rings. The van der Waals surface area contributed by atoms with E-state index in [1.54, 1.807) is 11.8 Å².